The molecule has 4 rings (SSSR count). The Labute approximate surface area is 173 Å². The van der Waals surface area contributed by atoms with E-state index < -0.39 is 5.97 Å². The van der Waals surface area contributed by atoms with E-state index in [4.69, 9.17) is 4.42 Å². The maximum atomic E-state index is 12.8. The van der Waals surface area contributed by atoms with Crippen LogP contribution in [-0.4, -0.2) is 42.3 Å². The normalized spacial score (nSPS) is 16.2. The number of hydrogen-bond acceptors (Lipinski definition) is 7. The molecule has 8 heteroatoms. The molecule has 0 saturated carbocycles. The first-order chi connectivity index (χ1) is 14.6. The van der Waals surface area contributed by atoms with Gasteiger partial charge < -0.3 is 19.4 Å². The number of methoxy groups -OCH3 is 1. The van der Waals surface area contributed by atoms with Crippen LogP contribution in [0.5, 0.6) is 0 Å². The first-order valence-electron chi connectivity index (χ1n) is 9.76. The summed E-state index contributed by atoms with van der Waals surface area (Å²) in [6, 6.07) is 14.1. The van der Waals surface area contributed by atoms with E-state index in [1.807, 2.05) is 24.3 Å². The number of carbonyl (C=O) groups is 2. The fourth-order valence-corrected chi connectivity index (χ4v) is 3.50. The zero-order valence-electron chi connectivity index (χ0n) is 16.6. The molecule has 0 bridgehead atoms. The van der Waals surface area contributed by atoms with Gasteiger partial charge in [0.1, 0.15) is 5.69 Å². The number of ether oxygens (including phenoxy) is 1. The number of carbonyl (C=O) groups excluding carboxylic acids is 2. The summed E-state index contributed by atoms with van der Waals surface area (Å²) in [5.74, 6) is 0.791. The molecule has 0 radical (unpaired) electrons. The van der Waals surface area contributed by atoms with Crippen molar-refractivity contribution in [3.8, 4) is 11.5 Å². The highest BCUT2D eigenvalue weighted by Gasteiger charge is 2.27. The lowest BCUT2D eigenvalue weighted by atomic mass is 9.97. The van der Waals surface area contributed by atoms with Crippen molar-refractivity contribution in [2.45, 2.75) is 12.8 Å². The van der Waals surface area contributed by atoms with Crippen molar-refractivity contribution in [1.29, 1.82) is 0 Å². The van der Waals surface area contributed by atoms with Gasteiger partial charge in [-0.25, -0.2) is 4.79 Å². The summed E-state index contributed by atoms with van der Waals surface area (Å²) in [6.45, 7) is 1.40. The van der Waals surface area contributed by atoms with Crippen molar-refractivity contribution in [3.63, 3.8) is 0 Å². The number of piperidine rings is 1. The Kier molecular flexibility index (Phi) is 5.74. The fourth-order valence-electron chi connectivity index (χ4n) is 3.50. The zero-order chi connectivity index (χ0) is 20.9. The third-order valence-corrected chi connectivity index (χ3v) is 5.11. The quantitative estimate of drug-likeness (QED) is 0.649. The Morgan fingerprint density at radius 3 is 2.63 bits per heavy atom. The van der Waals surface area contributed by atoms with E-state index in [2.05, 4.69) is 25.2 Å². The van der Waals surface area contributed by atoms with Gasteiger partial charge in [-0.15, -0.1) is 10.2 Å². The summed E-state index contributed by atoms with van der Waals surface area (Å²) in [5.41, 5.74) is 1.76. The van der Waals surface area contributed by atoms with Crippen molar-refractivity contribution in [2.24, 2.45) is 5.92 Å². The molecule has 154 valence electrons. The third kappa shape index (κ3) is 4.32. The number of furan rings is 1. The minimum atomic E-state index is -0.407. The van der Waals surface area contributed by atoms with Crippen LogP contribution in [0, 0.1) is 5.92 Å². The minimum absolute atomic E-state index is 0.0503. The van der Waals surface area contributed by atoms with E-state index in [1.165, 1.54) is 7.11 Å². The van der Waals surface area contributed by atoms with Gasteiger partial charge in [0, 0.05) is 18.8 Å². The van der Waals surface area contributed by atoms with Crippen LogP contribution in [0.1, 0.15) is 23.2 Å². The highest BCUT2D eigenvalue weighted by Crippen LogP contribution is 2.24. The summed E-state index contributed by atoms with van der Waals surface area (Å²) in [6.07, 6.45) is 3.29. The van der Waals surface area contributed by atoms with Crippen LogP contribution >= 0.6 is 0 Å². The van der Waals surface area contributed by atoms with E-state index in [9.17, 15) is 9.59 Å². The summed E-state index contributed by atoms with van der Waals surface area (Å²) < 4.78 is 10.0. The fraction of sp³-hybridized carbons (Fsp3) is 0.273. The molecule has 1 aliphatic rings. The van der Waals surface area contributed by atoms with Crippen molar-refractivity contribution in [3.05, 3.63) is 60.4 Å². The van der Waals surface area contributed by atoms with Gasteiger partial charge in [-0.3, -0.25) is 4.79 Å². The lowest BCUT2D eigenvalue weighted by molar-refractivity contribution is -0.120. The minimum Gasteiger partial charge on any atom is -0.465 e. The SMILES string of the molecule is COC(=O)c1ccc(NC(=O)C2CCCN(c3ccc(-c4ccco4)nn3)C2)cc1. The number of anilines is 2. The van der Waals surface area contributed by atoms with Crippen LogP contribution in [0.4, 0.5) is 11.5 Å². The first-order valence-corrected chi connectivity index (χ1v) is 9.76. The lowest BCUT2D eigenvalue weighted by Crippen LogP contribution is -2.41. The molecule has 1 fully saturated rings. The average Bonchev–Trinajstić information content (AvgIpc) is 3.34. The largest absolute Gasteiger partial charge is 0.465 e. The number of esters is 1. The molecule has 2 aromatic heterocycles. The van der Waals surface area contributed by atoms with Crippen molar-refractivity contribution < 1.29 is 18.7 Å². The van der Waals surface area contributed by atoms with E-state index in [-0.39, 0.29) is 11.8 Å². The number of hydrogen-bond donors (Lipinski definition) is 1. The second-order valence-corrected chi connectivity index (χ2v) is 7.10. The molecule has 1 atom stereocenters. The smallest absolute Gasteiger partial charge is 0.337 e. The van der Waals surface area contributed by atoms with E-state index in [0.29, 0.717) is 29.2 Å². The zero-order valence-corrected chi connectivity index (χ0v) is 16.6. The Hall–Kier alpha value is -3.68. The van der Waals surface area contributed by atoms with Gasteiger partial charge >= 0.3 is 5.97 Å². The molecular formula is C22H22N4O4. The van der Waals surface area contributed by atoms with Crippen LogP contribution in [0.2, 0.25) is 0 Å². The summed E-state index contributed by atoms with van der Waals surface area (Å²) >= 11 is 0. The molecule has 0 spiro atoms. The standard InChI is InChI=1S/C22H22N4O4/c1-29-22(28)15-6-8-17(9-7-15)23-21(27)16-4-2-12-26(14-16)20-11-10-18(24-25-20)19-5-3-13-30-19/h3,5-11,13,16H,2,4,12,14H2,1H3,(H,23,27). The van der Waals surface area contributed by atoms with Crippen molar-refractivity contribution in [2.75, 3.05) is 30.4 Å². The second-order valence-electron chi connectivity index (χ2n) is 7.10. The monoisotopic (exact) mass is 406 g/mol. The molecule has 1 aromatic carbocycles. The summed E-state index contributed by atoms with van der Waals surface area (Å²) in [4.78, 5) is 26.3. The maximum absolute atomic E-state index is 12.8. The molecular weight excluding hydrogens is 384 g/mol. The number of nitrogens with one attached hydrogen (secondary N) is 1. The molecule has 1 amide bonds. The topological polar surface area (TPSA) is 97.6 Å². The summed E-state index contributed by atoms with van der Waals surface area (Å²) in [7, 11) is 1.34. The molecule has 0 aliphatic carbocycles. The van der Waals surface area contributed by atoms with Gasteiger partial charge in [0.2, 0.25) is 5.91 Å². The van der Waals surface area contributed by atoms with Crippen LogP contribution in [0.3, 0.4) is 0 Å². The highest BCUT2D eigenvalue weighted by atomic mass is 16.5. The van der Waals surface area contributed by atoms with Gasteiger partial charge in [0.05, 0.1) is 24.9 Å². The average molecular weight is 406 g/mol. The second kappa shape index (κ2) is 8.77. The molecule has 1 unspecified atom stereocenters. The molecule has 3 heterocycles. The Morgan fingerprint density at radius 2 is 1.97 bits per heavy atom. The maximum Gasteiger partial charge on any atom is 0.337 e. The van der Waals surface area contributed by atoms with Crippen LogP contribution < -0.4 is 10.2 Å². The van der Waals surface area contributed by atoms with Gasteiger partial charge in [-0.05, 0) is 61.4 Å². The molecule has 1 aliphatic heterocycles. The first kappa shape index (κ1) is 19.6. The number of amides is 1. The molecule has 1 saturated heterocycles. The van der Waals surface area contributed by atoms with Gasteiger partial charge in [-0.1, -0.05) is 0 Å². The molecule has 8 nitrogen and oxygen atoms in total. The Balaban J connectivity index is 1.38. The van der Waals surface area contributed by atoms with E-state index in [0.717, 1.165) is 25.2 Å². The van der Waals surface area contributed by atoms with Crippen molar-refractivity contribution in [1.82, 2.24) is 10.2 Å². The molecule has 1 N–H and O–H groups in total. The van der Waals surface area contributed by atoms with Gasteiger partial charge in [0.25, 0.3) is 0 Å². The highest BCUT2D eigenvalue weighted by molar-refractivity contribution is 5.94. The Bertz CT molecular complexity index is 1000. The van der Waals surface area contributed by atoms with Crippen molar-refractivity contribution >= 4 is 23.4 Å². The van der Waals surface area contributed by atoms with E-state index in [1.54, 1.807) is 30.5 Å². The van der Waals surface area contributed by atoms with Gasteiger partial charge in [0.15, 0.2) is 11.6 Å². The molecule has 3 aromatic rings. The number of benzene rings is 1. The van der Waals surface area contributed by atoms with Crippen LogP contribution in [0.25, 0.3) is 11.5 Å². The Morgan fingerprint density at radius 1 is 1.13 bits per heavy atom. The molecule has 30 heavy (non-hydrogen) atoms. The summed E-state index contributed by atoms with van der Waals surface area (Å²) in [5, 5.41) is 11.5. The predicted molar refractivity (Wildman–Crippen MR) is 111 cm³/mol. The predicted octanol–water partition coefficient (Wildman–Crippen LogP) is 3.38. The number of aromatic nitrogens is 2. The number of nitrogens with zero attached hydrogens (tertiary/aromatic N) is 3. The van der Waals surface area contributed by atoms with Crippen LogP contribution in [0.15, 0.2) is 59.2 Å². The van der Waals surface area contributed by atoms with E-state index >= 15 is 0 Å². The third-order valence-electron chi connectivity index (χ3n) is 5.11. The lowest BCUT2D eigenvalue weighted by Gasteiger charge is -2.32. The van der Waals surface area contributed by atoms with Gasteiger partial charge in [-0.2, -0.15) is 0 Å². The van der Waals surface area contributed by atoms with Crippen LogP contribution in [-0.2, 0) is 9.53 Å². The number of rotatable bonds is 5.